The maximum Gasteiger partial charge on any atom is 0.341 e. The van der Waals surface area contributed by atoms with Crippen molar-refractivity contribution in [3.05, 3.63) is 53.0 Å². The molecule has 1 N–H and O–H groups in total. The Morgan fingerprint density at radius 1 is 1.42 bits per heavy atom. The summed E-state index contributed by atoms with van der Waals surface area (Å²) in [4.78, 5) is 11.0. The Morgan fingerprint density at radius 2 is 2.26 bits per heavy atom. The lowest BCUT2D eigenvalue weighted by Crippen LogP contribution is -2.03. The van der Waals surface area contributed by atoms with Gasteiger partial charge in [0.05, 0.1) is 12.7 Å². The number of halogens is 1. The fraction of sp³-hybridized carbons (Fsp3) is 0.0769. The van der Waals surface area contributed by atoms with Crippen molar-refractivity contribution in [2.24, 2.45) is 0 Å². The van der Waals surface area contributed by atoms with Gasteiger partial charge in [-0.1, -0.05) is 22.8 Å². The summed E-state index contributed by atoms with van der Waals surface area (Å²) in [5.41, 5.74) is 0.990. The van der Waals surface area contributed by atoms with Crippen molar-refractivity contribution in [1.82, 2.24) is 9.72 Å². The molecule has 0 aliphatic rings. The number of fused-ring (bicyclic) bond motifs is 1. The molecular formula is C13H9ClN2O3. The highest BCUT2D eigenvalue weighted by molar-refractivity contribution is 6.31. The van der Waals surface area contributed by atoms with Crippen LogP contribution in [0.25, 0.3) is 10.9 Å². The van der Waals surface area contributed by atoms with Gasteiger partial charge in [0, 0.05) is 16.7 Å². The van der Waals surface area contributed by atoms with Gasteiger partial charge in [-0.25, -0.2) is 4.79 Å². The number of hydrogen-bond donors (Lipinski definition) is 1. The number of carbonyl (C=O) groups is 1. The van der Waals surface area contributed by atoms with E-state index in [1.165, 1.54) is 6.20 Å². The lowest BCUT2D eigenvalue weighted by molar-refractivity contribution is 0.0694. The Kier molecular flexibility index (Phi) is 2.76. The van der Waals surface area contributed by atoms with E-state index in [0.717, 1.165) is 10.9 Å². The van der Waals surface area contributed by atoms with Crippen molar-refractivity contribution >= 4 is 28.5 Å². The van der Waals surface area contributed by atoms with E-state index < -0.39 is 5.97 Å². The van der Waals surface area contributed by atoms with E-state index in [1.807, 2.05) is 35.0 Å². The van der Waals surface area contributed by atoms with Crippen molar-refractivity contribution in [3.8, 4) is 0 Å². The zero-order chi connectivity index (χ0) is 13.4. The van der Waals surface area contributed by atoms with Gasteiger partial charge in [-0.3, -0.25) is 0 Å². The van der Waals surface area contributed by atoms with Crippen LogP contribution in [0.5, 0.6) is 0 Å². The highest BCUT2D eigenvalue weighted by Crippen LogP contribution is 2.22. The number of carboxylic acids is 1. The number of aromatic nitrogens is 2. The van der Waals surface area contributed by atoms with Crippen LogP contribution in [0.4, 0.5) is 0 Å². The number of hydrogen-bond acceptors (Lipinski definition) is 3. The molecule has 0 amide bonds. The zero-order valence-electron chi connectivity index (χ0n) is 9.71. The molecule has 19 heavy (non-hydrogen) atoms. The summed E-state index contributed by atoms with van der Waals surface area (Å²) in [6.07, 6.45) is 3.06. The van der Waals surface area contributed by atoms with Gasteiger partial charge >= 0.3 is 5.97 Å². The van der Waals surface area contributed by atoms with Gasteiger partial charge in [-0.15, -0.1) is 0 Å². The second kappa shape index (κ2) is 4.44. The van der Waals surface area contributed by atoms with Crippen LogP contribution in [-0.2, 0) is 6.54 Å². The van der Waals surface area contributed by atoms with E-state index in [-0.39, 0.29) is 5.56 Å². The maximum atomic E-state index is 11.0. The van der Waals surface area contributed by atoms with E-state index in [0.29, 0.717) is 17.3 Å². The molecule has 0 fully saturated rings. The summed E-state index contributed by atoms with van der Waals surface area (Å²) in [7, 11) is 0. The Balaban J connectivity index is 2.03. The third-order valence-electron chi connectivity index (χ3n) is 2.93. The molecule has 0 aliphatic carbocycles. The molecule has 0 saturated heterocycles. The zero-order valence-corrected chi connectivity index (χ0v) is 10.5. The van der Waals surface area contributed by atoms with E-state index in [9.17, 15) is 4.79 Å². The first-order valence-corrected chi connectivity index (χ1v) is 5.94. The molecule has 0 saturated carbocycles. The lowest BCUT2D eigenvalue weighted by Gasteiger charge is -2.03. The second-order valence-corrected chi connectivity index (χ2v) is 4.55. The quantitative estimate of drug-likeness (QED) is 0.798. The fourth-order valence-corrected chi connectivity index (χ4v) is 2.17. The molecule has 0 spiro atoms. The Morgan fingerprint density at radius 3 is 3.05 bits per heavy atom. The second-order valence-electron chi connectivity index (χ2n) is 4.11. The molecule has 0 radical (unpaired) electrons. The van der Waals surface area contributed by atoms with Crippen LogP contribution in [0.3, 0.4) is 0 Å². The predicted octanol–water partition coefficient (Wildman–Crippen LogP) is 3.03. The molecule has 3 rings (SSSR count). The van der Waals surface area contributed by atoms with Crippen LogP contribution in [0.15, 0.2) is 41.2 Å². The Labute approximate surface area is 113 Å². The molecule has 2 heterocycles. The topological polar surface area (TPSA) is 68.3 Å². The predicted molar refractivity (Wildman–Crippen MR) is 69.5 cm³/mol. The van der Waals surface area contributed by atoms with Crippen LogP contribution >= 0.6 is 11.6 Å². The van der Waals surface area contributed by atoms with Crippen LogP contribution in [0.2, 0.25) is 5.02 Å². The number of rotatable bonds is 3. The summed E-state index contributed by atoms with van der Waals surface area (Å²) in [6, 6.07) is 7.48. The highest BCUT2D eigenvalue weighted by atomic mass is 35.5. The minimum absolute atomic E-state index is 0.0730. The van der Waals surface area contributed by atoms with E-state index in [2.05, 4.69) is 5.16 Å². The van der Waals surface area contributed by atoms with Gasteiger partial charge in [0.1, 0.15) is 5.56 Å². The van der Waals surface area contributed by atoms with E-state index in [4.69, 9.17) is 21.2 Å². The molecule has 0 aliphatic heterocycles. The van der Waals surface area contributed by atoms with Crippen molar-refractivity contribution < 1.29 is 14.4 Å². The van der Waals surface area contributed by atoms with Crippen LogP contribution < -0.4 is 0 Å². The van der Waals surface area contributed by atoms with Crippen molar-refractivity contribution in [2.75, 3.05) is 0 Å². The first-order chi connectivity index (χ1) is 9.15. The molecule has 5 nitrogen and oxygen atoms in total. The molecule has 0 unspecified atom stereocenters. The first kappa shape index (κ1) is 11.8. The van der Waals surface area contributed by atoms with Crippen LogP contribution in [-0.4, -0.2) is 20.8 Å². The first-order valence-electron chi connectivity index (χ1n) is 5.56. The molecular weight excluding hydrogens is 268 g/mol. The lowest BCUT2D eigenvalue weighted by atomic mass is 10.2. The molecule has 0 bridgehead atoms. The van der Waals surface area contributed by atoms with E-state index in [1.54, 1.807) is 0 Å². The fourth-order valence-electron chi connectivity index (χ4n) is 2.00. The van der Waals surface area contributed by atoms with Crippen LogP contribution in [0, 0.1) is 0 Å². The molecule has 1 aromatic carbocycles. The molecule has 2 aromatic heterocycles. The highest BCUT2D eigenvalue weighted by Gasteiger charge is 2.16. The summed E-state index contributed by atoms with van der Waals surface area (Å²) in [5, 5.41) is 14.2. The van der Waals surface area contributed by atoms with Crippen LogP contribution in [0.1, 0.15) is 16.1 Å². The standard InChI is InChI=1S/C13H9ClN2O3/c14-9-2-1-8-3-4-16(11(8)5-9)7-12-10(13(17)18)6-15-19-12/h1-6H,7H2,(H,17,18). The number of benzene rings is 1. The Bertz CT molecular complexity index is 760. The van der Waals surface area contributed by atoms with Crippen molar-refractivity contribution in [3.63, 3.8) is 0 Å². The van der Waals surface area contributed by atoms with Gasteiger partial charge in [-0.05, 0) is 23.6 Å². The van der Waals surface area contributed by atoms with Gasteiger partial charge in [0.25, 0.3) is 0 Å². The number of carboxylic acid groups (broad SMARTS) is 1. The summed E-state index contributed by atoms with van der Waals surface area (Å²) in [5.74, 6) is -0.740. The average Bonchev–Trinajstić information content (AvgIpc) is 2.97. The van der Waals surface area contributed by atoms with Gasteiger partial charge in [0.15, 0.2) is 5.76 Å². The number of aromatic carboxylic acids is 1. The van der Waals surface area contributed by atoms with Gasteiger partial charge in [0.2, 0.25) is 0 Å². The SMILES string of the molecule is O=C(O)c1cnoc1Cn1ccc2ccc(Cl)cc21. The van der Waals surface area contributed by atoms with Crippen molar-refractivity contribution in [1.29, 1.82) is 0 Å². The summed E-state index contributed by atoms with van der Waals surface area (Å²) in [6.45, 7) is 0.297. The summed E-state index contributed by atoms with van der Waals surface area (Å²) < 4.78 is 6.86. The number of nitrogens with zero attached hydrogens (tertiary/aromatic N) is 2. The normalized spacial score (nSPS) is 11.0. The maximum absolute atomic E-state index is 11.0. The van der Waals surface area contributed by atoms with Gasteiger partial charge in [-0.2, -0.15) is 0 Å². The smallest absolute Gasteiger partial charge is 0.341 e. The third-order valence-corrected chi connectivity index (χ3v) is 3.16. The molecule has 0 atom stereocenters. The molecule has 6 heteroatoms. The van der Waals surface area contributed by atoms with E-state index >= 15 is 0 Å². The minimum Gasteiger partial charge on any atom is -0.478 e. The Hall–Kier alpha value is -2.27. The average molecular weight is 277 g/mol. The third kappa shape index (κ3) is 2.08. The summed E-state index contributed by atoms with van der Waals surface area (Å²) >= 11 is 5.97. The van der Waals surface area contributed by atoms with Gasteiger partial charge < -0.3 is 14.2 Å². The molecule has 3 aromatic rings. The monoisotopic (exact) mass is 276 g/mol. The largest absolute Gasteiger partial charge is 0.478 e. The molecule has 96 valence electrons. The van der Waals surface area contributed by atoms with Crippen molar-refractivity contribution in [2.45, 2.75) is 6.54 Å². The minimum atomic E-state index is -1.05.